The largest absolute Gasteiger partial charge is 0.375 e. The number of carbonyl (C=O) groups excluding carboxylic acids is 1. The molecule has 4 nitrogen and oxygen atoms in total. The first-order valence-corrected chi connectivity index (χ1v) is 7.82. The molecule has 0 spiro atoms. The quantitative estimate of drug-likeness (QED) is 0.921. The molecule has 0 radical (unpaired) electrons. The maximum Gasteiger partial charge on any atom is 0.253 e. The number of halogens is 1. The van der Waals surface area contributed by atoms with Gasteiger partial charge in [-0.15, -0.1) is 0 Å². The van der Waals surface area contributed by atoms with Gasteiger partial charge in [0.25, 0.3) is 5.91 Å². The molecule has 1 N–H and O–H groups in total. The third kappa shape index (κ3) is 3.08. The Balaban J connectivity index is 1.85. The first-order valence-electron chi connectivity index (χ1n) is 7.44. The third-order valence-corrected chi connectivity index (χ3v) is 4.32. The van der Waals surface area contributed by atoms with Crippen LogP contribution in [0.5, 0.6) is 0 Å². The van der Waals surface area contributed by atoms with Gasteiger partial charge in [0.15, 0.2) is 0 Å². The molecule has 1 unspecified atom stereocenters. The molecule has 0 aliphatic carbocycles. The number of nitrogens with one attached hydrogen (secondary N) is 1. The van der Waals surface area contributed by atoms with Crippen LogP contribution in [0.4, 0.5) is 0 Å². The molecule has 116 valence electrons. The fraction of sp³-hybridized carbons (Fsp3) is 0.412. The number of rotatable bonds is 2. The molecule has 2 heterocycles. The first-order chi connectivity index (χ1) is 10.5. The van der Waals surface area contributed by atoms with Gasteiger partial charge in [-0.05, 0) is 51.0 Å². The summed E-state index contributed by atoms with van der Waals surface area (Å²) >= 11 is 6.17. The Kier molecular flexibility index (Phi) is 4.06. The molecule has 1 aliphatic heterocycles. The summed E-state index contributed by atoms with van der Waals surface area (Å²) in [5, 5.41) is 4.50. The van der Waals surface area contributed by atoms with Crippen LogP contribution < -0.4 is 5.32 Å². The molecule has 1 atom stereocenters. The van der Waals surface area contributed by atoms with E-state index in [1.54, 1.807) is 18.3 Å². The van der Waals surface area contributed by atoms with E-state index in [1.807, 2.05) is 26.0 Å². The van der Waals surface area contributed by atoms with Gasteiger partial charge in [-0.1, -0.05) is 11.6 Å². The zero-order valence-corrected chi connectivity index (χ0v) is 13.5. The molecule has 2 aromatic rings. The molecule has 1 amide bonds. The fourth-order valence-electron chi connectivity index (χ4n) is 2.94. The monoisotopic (exact) mass is 318 g/mol. The summed E-state index contributed by atoms with van der Waals surface area (Å²) in [6, 6.07) is 7.28. The number of carbonyl (C=O) groups is 1. The minimum Gasteiger partial charge on any atom is -0.375 e. The smallest absolute Gasteiger partial charge is 0.253 e. The van der Waals surface area contributed by atoms with Gasteiger partial charge in [-0.3, -0.25) is 9.78 Å². The number of pyridine rings is 1. The van der Waals surface area contributed by atoms with Crippen LogP contribution >= 0.6 is 11.6 Å². The van der Waals surface area contributed by atoms with Crippen LogP contribution in [0.2, 0.25) is 5.02 Å². The van der Waals surface area contributed by atoms with Gasteiger partial charge in [0.2, 0.25) is 0 Å². The van der Waals surface area contributed by atoms with Crippen LogP contribution in [-0.2, 0) is 4.74 Å². The second kappa shape index (κ2) is 5.86. The predicted molar refractivity (Wildman–Crippen MR) is 87.3 cm³/mol. The lowest BCUT2D eigenvalue weighted by Crippen LogP contribution is -2.45. The molecule has 1 aromatic heterocycles. The topological polar surface area (TPSA) is 51.2 Å². The number of nitrogens with zero attached hydrogens (tertiary/aromatic N) is 1. The maximum atomic E-state index is 12.6. The summed E-state index contributed by atoms with van der Waals surface area (Å²) in [5.74, 6) is -0.108. The zero-order valence-electron chi connectivity index (χ0n) is 12.7. The molecule has 22 heavy (non-hydrogen) atoms. The van der Waals surface area contributed by atoms with E-state index in [0.29, 0.717) is 22.7 Å². The number of fused-ring (bicyclic) bond motifs is 1. The molecule has 3 rings (SSSR count). The van der Waals surface area contributed by atoms with Crippen molar-refractivity contribution in [2.24, 2.45) is 0 Å². The lowest BCUT2D eigenvalue weighted by atomic mass is 9.93. The summed E-state index contributed by atoms with van der Waals surface area (Å²) in [4.78, 5) is 16.9. The summed E-state index contributed by atoms with van der Waals surface area (Å²) < 4.78 is 5.69. The van der Waals surface area contributed by atoms with Gasteiger partial charge in [0, 0.05) is 24.2 Å². The summed E-state index contributed by atoms with van der Waals surface area (Å²) in [6.07, 6.45) is 3.30. The Morgan fingerprint density at radius 1 is 1.41 bits per heavy atom. The highest BCUT2D eigenvalue weighted by molar-refractivity contribution is 6.36. The number of aromatic nitrogens is 1. The standard InChI is InChI=1S/C17H19ClN2O2/c1-17(2)10-11(7-9-22-17)20-16(21)13-5-6-14(18)12-4-3-8-19-15(12)13/h3-6,8,11H,7,9-10H2,1-2H3,(H,20,21). The molecule has 0 bridgehead atoms. The van der Waals surface area contributed by atoms with Crippen molar-refractivity contribution < 1.29 is 9.53 Å². The van der Waals surface area contributed by atoms with Crippen molar-refractivity contribution in [2.75, 3.05) is 6.61 Å². The van der Waals surface area contributed by atoms with E-state index in [9.17, 15) is 4.79 Å². The van der Waals surface area contributed by atoms with Crippen LogP contribution in [-0.4, -0.2) is 29.1 Å². The molecule has 1 aromatic carbocycles. The van der Waals surface area contributed by atoms with Crippen molar-refractivity contribution in [3.8, 4) is 0 Å². The lowest BCUT2D eigenvalue weighted by Gasteiger charge is -2.35. The van der Waals surface area contributed by atoms with Crippen LogP contribution in [0.25, 0.3) is 10.9 Å². The Bertz CT molecular complexity index is 715. The van der Waals surface area contributed by atoms with Crippen LogP contribution in [0.1, 0.15) is 37.0 Å². The lowest BCUT2D eigenvalue weighted by molar-refractivity contribution is -0.0615. The normalized spacial score (nSPS) is 20.8. The van der Waals surface area contributed by atoms with E-state index >= 15 is 0 Å². The van der Waals surface area contributed by atoms with Gasteiger partial charge in [-0.25, -0.2) is 0 Å². The van der Waals surface area contributed by atoms with Crippen molar-refractivity contribution in [3.05, 3.63) is 41.0 Å². The number of hydrogen-bond acceptors (Lipinski definition) is 3. The molecule has 0 saturated carbocycles. The van der Waals surface area contributed by atoms with E-state index in [-0.39, 0.29) is 17.6 Å². The van der Waals surface area contributed by atoms with Crippen LogP contribution in [0.15, 0.2) is 30.5 Å². The van der Waals surface area contributed by atoms with Crippen LogP contribution in [0.3, 0.4) is 0 Å². The van der Waals surface area contributed by atoms with Crippen molar-refractivity contribution in [2.45, 2.75) is 38.3 Å². The average molecular weight is 319 g/mol. The van der Waals surface area contributed by atoms with E-state index in [1.165, 1.54) is 0 Å². The zero-order chi connectivity index (χ0) is 15.7. The molecule has 5 heteroatoms. The van der Waals surface area contributed by atoms with E-state index in [4.69, 9.17) is 16.3 Å². The highest BCUT2D eigenvalue weighted by Gasteiger charge is 2.30. The SMILES string of the molecule is CC1(C)CC(NC(=O)c2ccc(Cl)c3cccnc23)CCO1. The molecular formula is C17H19ClN2O2. The van der Waals surface area contributed by atoms with E-state index < -0.39 is 0 Å². The van der Waals surface area contributed by atoms with Crippen molar-refractivity contribution in [1.82, 2.24) is 10.3 Å². The summed E-state index contributed by atoms with van der Waals surface area (Å²) in [6.45, 7) is 4.76. The number of hydrogen-bond donors (Lipinski definition) is 1. The third-order valence-electron chi connectivity index (χ3n) is 3.99. The van der Waals surface area contributed by atoms with Gasteiger partial charge in [0.05, 0.1) is 21.7 Å². The minimum absolute atomic E-state index is 0.108. The van der Waals surface area contributed by atoms with Crippen molar-refractivity contribution >= 4 is 28.4 Å². The van der Waals surface area contributed by atoms with Crippen molar-refractivity contribution in [1.29, 1.82) is 0 Å². The minimum atomic E-state index is -0.198. The van der Waals surface area contributed by atoms with Gasteiger partial charge in [-0.2, -0.15) is 0 Å². The predicted octanol–water partition coefficient (Wildman–Crippen LogP) is 3.58. The number of benzene rings is 1. The van der Waals surface area contributed by atoms with Gasteiger partial charge < -0.3 is 10.1 Å². The van der Waals surface area contributed by atoms with Crippen molar-refractivity contribution in [3.63, 3.8) is 0 Å². The second-order valence-corrected chi connectivity index (χ2v) is 6.67. The van der Waals surface area contributed by atoms with E-state index in [2.05, 4.69) is 10.3 Å². The highest BCUT2D eigenvalue weighted by atomic mass is 35.5. The molecule has 1 aliphatic rings. The van der Waals surface area contributed by atoms with E-state index in [0.717, 1.165) is 18.2 Å². The fourth-order valence-corrected chi connectivity index (χ4v) is 3.15. The molecular weight excluding hydrogens is 300 g/mol. The summed E-state index contributed by atoms with van der Waals surface area (Å²) in [7, 11) is 0. The Morgan fingerprint density at radius 3 is 3.00 bits per heavy atom. The summed E-state index contributed by atoms with van der Waals surface area (Å²) in [5.41, 5.74) is 0.999. The van der Waals surface area contributed by atoms with Crippen LogP contribution in [0, 0.1) is 0 Å². The Labute approximate surface area is 134 Å². The second-order valence-electron chi connectivity index (χ2n) is 6.27. The number of ether oxygens (including phenoxy) is 1. The molecule has 1 saturated heterocycles. The Morgan fingerprint density at radius 2 is 2.23 bits per heavy atom. The number of amides is 1. The highest BCUT2D eigenvalue weighted by Crippen LogP contribution is 2.26. The maximum absolute atomic E-state index is 12.6. The molecule has 1 fully saturated rings. The average Bonchev–Trinajstić information content (AvgIpc) is 2.46. The van der Waals surface area contributed by atoms with Gasteiger partial charge >= 0.3 is 0 Å². The van der Waals surface area contributed by atoms with Gasteiger partial charge in [0.1, 0.15) is 0 Å². The Hall–Kier alpha value is -1.65. The first kappa shape index (κ1) is 15.3.